The SMILES string of the molecule is CSc1nc(N)c(C#N)c(-c2ccc(C(C)C)cc2)c1C#N. The molecule has 5 heteroatoms. The average molecular weight is 308 g/mol. The van der Waals surface area contributed by atoms with E-state index in [1.165, 1.54) is 17.3 Å². The van der Waals surface area contributed by atoms with E-state index in [-0.39, 0.29) is 11.4 Å². The number of anilines is 1. The Hall–Kier alpha value is -2.50. The largest absolute Gasteiger partial charge is 0.383 e. The summed E-state index contributed by atoms with van der Waals surface area (Å²) in [5.41, 5.74) is 9.12. The third kappa shape index (κ3) is 2.77. The Kier molecular flexibility index (Phi) is 4.70. The van der Waals surface area contributed by atoms with Gasteiger partial charge in [-0.15, -0.1) is 11.8 Å². The van der Waals surface area contributed by atoms with Gasteiger partial charge >= 0.3 is 0 Å². The van der Waals surface area contributed by atoms with Gasteiger partial charge in [-0.3, -0.25) is 0 Å². The molecule has 2 aromatic rings. The zero-order chi connectivity index (χ0) is 16.3. The molecule has 0 spiro atoms. The lowest BCUT2D eigenvalue weighted by Gasteiger charge is -2.13. The second kappa shape index (κ2) is 6.51. The van der Waals surface area contributed by atoms with E-state index in [9.17, 15) is 10.5 Å². The maximum Gasteiger partial charge on any atom is 0.143 e. The topological polar surface area (TPSA) is 86.5 Å². The molecule has 110 valence electrons. The Morgan fingerprint density at radius 1 is 1.09 bits per heavy atom. The third-order valence-corrected chi connectivity index (χ3v) is 4.16. The molecule has 0 fully saturated rings. The van der Waals surface area contributed by atoms with E-state index in [2.05, 4.69) is 31.0 Å². The van der Waals surface area contributed by atoms with Crippen molar-refractivity contribution in [1.82, 2.24) is 4.98 Å². The smallest absolute Gasteiger partial charge is 0.143 e. The molecule has 1 heterocycles. The second-order valence-corrected chi connectivity index (χ2v) is 5.93. The molecule has 0 saturated carbocycles. The highest BCUT2D eigenvalue weighted by Gasteiger charge is 2.19. The van der Waals surface area contributed by atoms with Crippen LogP contribution in [0.25, 0.3) is 11.1 Å². The molecule has 4 nitrogen and oxygen atoms in total. The molecule has 2 rings (SSSR count). The van der Waals surface area contributed by atoms with Gasteiger partial charge in [0.2, 0.25) is 0 Å². The molecule has 0 aliphatic rings. The third-order valence-electron chi connectivity index (χ3n) is 3.47. The number of hydrogen-bond acceptors (Lipinski definition) is 5. The first-order chi connectivity index (χ1) is 10.5. The fraction of sp³-hybridized carbons (Fsp3) is 0.235. The predicted octanol–water partition coefficient (Wildman–Crippen LogP) is 3.92. The molecule has 1 aromatic carbocycles. The van der Waals surface area contributed by atoms with Crippen LogP contribution in [0, 0.1) is 22.7 Å². The summed E-state index contributed by atoms with van der Waals surface area (Å²) in [7, 11) is 0. The molecular weight excluding hydrogens is 292 g/mol. The number of nitriles is 2. The molecule has 1 aromatic heterocycles. The molecule has 0 amide bonds. The molecule has 2 N–H and O–H groups in total. The van der Waals surface area contributed by atoms with Crippen LogP contribution in [0.3, 0.4) is 0 Å². The Morgan fingerprint density at radius 2 is 1.68 bits per heavy atom. The normalized spacial score (nSPS) is 10.3. The van der Waals surface area contributed by atoms with Crippen LogP contribution in [-0.4, -0.2) is 11.2 Å². The fourth-order valence-electron chi connectivity index (χ4n) is 2.27. The van der Waals surface area contributed by atoms with Gasteiger partial charge in [-0.2, -0.15) is 10.5 Å². The van der Waals surface area contributed by atoms with Crippen molar-refractivity contribution in [2.75, 3.05) is 12.0 Å². The number of nitrogens with zero attached hydrogens (tertiary/aromatic N) is 3. The first-order valence-electron chi connectivity index (χ1n) is 6.81. The molecule has 22 heavy (non-hydrogen) atoms. The Bertz CT molecular complexity index is 780. The van der Waals surface area contributed by atoms with Crippen LogP contribution in [0.4, 0.5) is 5.82 Å². The van der Waals surface area contributed by atoms with Crippen LogP contribution >= 0.6 is 11.8 Å². The summed E-state index contributed by atoms with van der Waals surface area (Å²) in [6.45, 7) is 4.24. The first-order valence-corrected chi connectivity index (χ1v) is 8.03. The maximum absolute atomic E-state index is 9.49. The Balaban J connectivity index is 2.75. The van der Waals surface area contributed by atoms with Crippen molar-refractivity contribution in [1.29, 1.82) is 10.5 Å². The van der Waals surface area contributed by atoms with Gasteiger partial charge in [0.05, 0.1) is 5.56 Å². The van der Waals surface area contributed by atoms with Crippen LogP contribution < -0.4 is 5.73 Å². The summed E-state index contributed by atoms with van der Waals surface area (Å²) >= 11 is 1.35. The summed E-state index contributed by atoms with van der Waals surface area (Å²) in [6, 6.07) is 12.1. The lowest BCUT2D eigenvalue weighted by atomic mass is 9.94. The van der Waals surface area contributed by atoms with Gasteiger partial charge in [-0.25, -0.2) is 4.98 Å². The number of aromatic nitrogens is 1. The van der Waals surface area contributed by atoms with Crippen molar-refractivity contribution >= 4 is 17.6 Å². The molecule has 0 atom stereocenters. The Morgan fingerprint density at radius 3 is 2.14 bits per heavy atom. The fourth-order valence-corrected chi connectivity index (χ4v) is 2.81. The van der Waals surface area contributed by atoms with Crippen LogP contribution in [0.2, 0.25) is 0 Å². The van der Waals surface area contributed by atoms with Crippen LogP contribution in [0.15, 0.2) is 29.3 Å². The van der Waals surface area contributed by atoms with Crippen molar-refractivity contribution in [3.05, 3.63) is 41.0 Å². The highest BCUT2D eigenvalue weighted by molar-refractivity contribution is 7.98. The number of benzene rings is 1. The van der Waals surface area contributed by atoms with E-state index in [4.69, 9.17) is 5.73 Å². The summed E-state index contributed by atoms with van der Waals surface area (Å²) in [4.78, 5) is 4.16. The van der Waals surface area contributed by atoms with Crippen molar-refractivity contribution in [3.63, 3.8) is 0 Å². The van der Waals surface area contributed by atoms with Gasteiger partial charge in [0, 0.05) is 5.56 Å². The summed E-state index contributed by atoms with van der Waals surface area (Å²) in [5, 5.41) is 19.4. The lowest BCUT2D eigenvalue weighted by Crippen LogP contribution is -2.03. The van der Waals surface area contributed by atoms with E-state index in [1.54, 1.807) is 0 Å². The molecule has 0 bridgehead atoms. The highest BCUT2D eigenvalue weighted by Crippen LogP contribution is 2.35. The van der Waals surface area contributed by atoms with Gasteiger partial charge in [0.25, 0.3) is 0 Å². The van der Waals surface area contributed by atoms with Gasteiger partial charge in [0.1, 0.15) is 28.5 Å². The zero-order valence-corrected chi connectivity index (χ0v) is 13.5. The van der Waals surface area contributed by atoms with Crippen molar-refractivity contribution in [3.8, 4) is 23.3 Å². The molecule has 0 saturated heterocycles. The summed E-state index contributed by atoms with van der Waals surface area (Å²) < 4.78 is 0. The number of nitrogen functional groups attached to an aromatic ring is 1. The van der Waals surface area contributed by atoms with E-state index in [0.29, 0.717) is 22.1 Å². The van der Waals surface area contributed by atoms with E-state index < -0.39 is 0 Å². The standard InChI is InChI=1S/C17H16N4S/c1-10(2)11-4-6-12(7-5-11)15-13(8-18)16(20)21-17(22-3)14(15)9-19/h4-7,10H,1-3H3,(H2,20,21). The number of thioether (sulfide) groups is 1. The number of pyridine rings is 1. The predicted molar refractivity (Wildman–Crippen MR) is 89.4 cm³/mol. The average Bonchev–Trinajstić information content (AvgIpc) is 2.53. The van der Waals surface area contributed by atoms with Crippen molar-refractivity contribution in [2.45, 2.75) is 24.8 Å². The van der Waals surface area contributed by atoms with Gasteiger partial charge in [-0.05, 0) is 23.3 Å². The first kappa shape index (κ1) is 15.9. The van der Waals surface area contributed by atoms with Crippen molar-refractivity contribution in [2.24, 2.45) is 0 Å². The monoisotopic (exact) mass is 308 g/mol. The molecule has 0 aliphatic carbocycles. The van der Waals surface area contributed by atoms with E-state index in [1.807, 2.05) is 30.5 Å². The molecular formula is C17H16N4S. The molecule has 0 unspecified atom stereocenters. The van der Waals surface area contributed by atoms with Gasteiger partial charge < -0.3 is 5.73 Å². The van der Waals surface area contributed by atoms with E-state index in [0.717, 1.165) is 5.56 Å². The minimum absolute atomic E-state index is 0.161. The number of nitrogens with two attached hydrogens (primary N) is 1. The van der Waals surface area contributed by atoms with Crippen LogP contribution in [-0.2, 0) is 0 Å². The van der Waals surface area contributed by atoms with Crippen LogP contribution in [0.1, 0.15) is 36.5 Å². The van der Waals surface area contributed by atoms with Gasteiger partial charge in [-0.1, -0.05) is 38.1 Å². The minimum Gasteiger partial charge on any atom is -0.383 e. The van der Waals surface area contributed by atoms with E-state index >= 15 is 0 Å². The minimum atomic E-state index is 0.161. The highest BCUT2D eigenvalue weighted by atomic mass is 32.2. The maximum atomic E-state index is 9.49. The second-order valence-electron chi connectivity index (χ2n) is 5.13. The lowest BCUT2D eigenvalue weighted by molar-refractivity contribution is 0.867. The number of hydrogen-bond donors (Lipinski definition) is 1. The van der Waals surface area contributed by atoms with Gasteiger partial charge in [0.15, 0.2) is 0 Å². The quantitative estimate of drug-likeness (QED) is 0.868. The van der Waals surface area contributed by atoms with Crippen LogP contribution in [0.5, 0.6) is 0 Å². The Labute approximate surface area is 134 Å². The zero-order valence-electron chi connectivity index (χ0n) is 12.7. The molecule has 0 radical (unpaired) electrons. The molecule has 0 aliphatic heterocycles. The summed E-state index contributed by atoms with van der Waals surface area (Å²) in [6.07, 6.45) is 1.83. The summed E-state index contributed by atoms with van der Waals surface area (Å²) in [5.74, 6) is 0.581. The number of rotatable bonds is 3. The van der Waals surface area contributed by atoms with Crippen molar-refractivity contribution < 1.29 is 0 Å².